The zero-order valence-corrected chi connectivity index (χ0v) is 19.3. The van der Waals surface area contributed by atoms with Crippen molar-refractivity contribution in [1.29, 1.82) is 0 Å². The predicted molar refractivity (Wildman–Crippen MR) is 122 cm³/mol. The fourth-order valence-corrected chi connectivity index (χ4v) is 4.35. The second-order valence-electron chi connectivity index (χ2n) is 8.47. The number of aromatic nitrogens is 3. The Hall–Kier alpha value is -3.30. The molecule has 10 heteroatoms. The number of hydrogen-bond donors (Lipinski definition) is 0. The Bertz CT molecular complexity index is 1240. The first-order chi connectivity index (χ1) is 16.4. The highest BCUT2D eigenvalue weighted by molar-refractivity contribution is 6.30. The number of aryl methyl sites for hydroxylation is 1. The molecule has 0 saturated carbocycles. The van der Waals surface area contributed by atoms with Gasteiger partial charge in [-0.1, -0.05) is 35.0 Å². The van der Waals surface area contributed by atoms with Crippen LogP contribution in [-0.2, 0) is 17.9 Å². The number of fused-ring (bicyclic) bond motifs is 1. The summed E-state index contributed by atoms with van der Waals surface area (Å²) in [6.07, 6.45) is -0.199. The van der Waals surface area contributed by atoms with E-state index in [1.54, 1.807) is 33.5 Å². The standard InChI is InChI=1S/C24H23ClFN5O3/c1-15-2-3-17(12-19(15)26)23(32)29-8-10-30(11-9-29)24(33)22-20-14-34-21(13-31(20)28-27-22)16-4-6-18(25)7-5-16/h2-7,12,21H,8-11,13-14H2,1H3/t21-/m0/s1. The molecule has 0 aliphatic carbocycles. The van der Waals surface area contributed by atoms with Crippen molar-refractivity contribution < 1.29 is 18.7 Å². The molecule has 2 amide bonds. The molecular weight excluding hydrogens is 461 g/mol. The molecule has 0 bridgehead atoms. The highest BCUT2D eigenvalue weighted by atomic mass is 35.5. The summed E-state index contributed by atoms with van der Waals surface area (Å²) in [4.78, 5) is 29.2. The van der Waals surface area contributed by atoms with Crippen LogP contribution >= 0.6 is 11.6 Å². The molecule has 2 aromatic carbocycles. The Morgan fingerprint density at radius 1 is 1.03 bits per heavy atom. The second kappa shape index (κ2) is 9.15. The van der Waals surface area contributed by atoms with Crippen molar-refractivity contribution in [1.82, 2.24) is 24.8 Å². The van der Waals surface area contributed by atoms with Gasteiger partial charge in [-0.2, -0.15) is 0 Å². The molecule has 0 N–H and O–H groups in total. The second-order valence-corrected chi connectivity index (χ2v) is 8.90. The van der Waals surface area contributed by atoms with Crippen molar-refractivity contribution in [3.63, 3.8) is 0 Å². The molecule has 34 heavy (non-hydrogen) atoms. The van der Waals surface area contributed by atoms with Crippen molar-refractivity contribution in [3.8, 4) is 0 Å². The molecule has 2 aliphatic heterocycles. The van der Waals surface area contributed by atoms with Crippen LogP contribution < -0.4 is 0 Å². The van der Waals surface area contributed by atoms with Gasteiger partial charge < -0.3 is 14.5 Å². The molecule has 8 nitrogen and oxygen atoms in total. The van der Waals surface area contributed by atoms with E-state index < -0.39 is 5.82 Å². The smallest absolute Gasteiger partial charge is 0.276 e. The lowest BCUT2D eigenvalue weighted by atomic mass is 10.1. The SMILES string of the molecule is Cc1ccc(C(=O)N2CCN(C(=O)c3nnn4c3CO[C@H](c3ccc(Cl)cc3)C4)CC2)cc1F. The summed E-state index contributed by atoms with van der Waals surface area (Å²) in [5, 5.41) is 8.96. The Balaban J connectivity index is 1.22. The summed E-state index contributed by atoms with van der Waals surface area (Å²) in [5.41, 5.74) is 2.70. The highest BCUT2D eigenvalue weighted by Gasteiger charge is 2.32. The van der Waals surface area contributed by atoms with Gasteiger partial charge in [0.1, 0.15) is 11.9 Å². The van der Waals surface area contributed by atoms with Gasteiger partial charge in [-0.05, 0) is 42.3 Å². The van der Waals surface area contributed by atoms with Crippen LogP contribution in [0.4, 0.5) is 4.39 Å². The molecule has 1 fully saturated rings. The molecule has 0 spiro atoms. The minimum Gasteiger partial charge on any atom is -0.365 e. The predicted octanol–water partition coefficient (Wildman–Crippen LogP) is 3.25. The van der Waals surface area contributed by atoms with Gasteiger partial charge in [0, 0.05) is 36.8 Å². The van der Waals surface area contributed by atoms with E-state index in [1.807, 2.05) is 24.3 Å². The Labute approximate surface area is 200 Å². The summed E-state index contributed by atoms with van der Waals surface area (Å²) >= 11 is 5.97. The molecule has 2 aliphatic rings. The maximum atomic E-state index is 13.9. The maximum absolute atomic E-state index is 13.9. The van der Waals surface area contributed by atoms with Crippen molar-refractivity contribution in [2.45, 2.75) is 26.2 Å². The fraction of sp³-hybridized carbons (Fsp3) is 0.333. The number of piperazine rings is 1. The van der Waals surface area contributed by atoms with Gasteiger partial charge in [-0.25, -0.2) is 9.07 Å². The van der Waals surface area contributed by atoms with Gasteiger partial charge in [-0.15, -0.1) is 5.10 Å². The minimum atomic E-state index is -0.405. The van der Waals surface area contributed by atoms with Gasteiger partial charge in [0.15, 0.2) is 5.69 Å². The molecule has 1 aromatic heterocycles. The van der Waals surface area contributed by atoms with E-state index in [-0.39, 0.29) is 30.2 Å². The van der Waals surface area contributed by atoms with Crippen molar-refractivity contribution in [2.75, 3.05) is 26.2 Å². The maximum Gasteiger partial charge on any atom is 0.276 e. The molecule has 3 aromatic rings. The summed E-state index contributed by atoms with van der Waals surface area (Å²) in [5.74, 6) is -0.880. The third-order valence-corrected chi connectivity index (χ3v) is 6.57. The van der Waals surface area contributed by atoms with Crippen LogP contribution in [0.25, 0.3) is 0 Å². The molecule has 0 unspecified atom stereocenters. The molecule has 3 heterocycles. The van der Waals surface area contributed by atoms with Gasteiger partial charge in [0.25, 0.3) is 11.8 Å². The Kier molecular flexibility index (Phi) is 6.05. The first-order valence-corrected chi connectivity index (χ1v) is 11.4. The van der Waals surface area contributed by atoms with Crippen LogP contribution in [0, 0.1) is 12.7 Å². The zero-order chi connectivity index (χ0) is 23.8. The van der Waals surface area contributed by atoms with Gasteiger partial charge in [-0.3, -0.25) is 9.59 Å². The number of carbonyl (C=O) groups excluding carboxylic acids is 2. The van der Waals surface area contributed by atoms with Gasteiger partial charge >= 0.3 is 0 Å². The number of ether oxygens (including phenoxy) is 1. The van der Waals surface area contributed by atoms with Crippen LogP contribution in [0.5, 0.6) is 0 Å². The molecular formula is C24H23ClFN5O3. The van der Waals surface area contributed by atoms with Gasteiger partial charge in [0.05, 0.1) is 18.8 Å². The van der Waals surface area contributed by atoms with Crippen LogP contribution in [-0.4, -0.2) is 62.8 Å². The number of carbonyl (C=O) groups is 2. The minimum absolute atomic E-state index is 0.199. The third kappa shape index (κ3) is 4.28. The summed E-state index contributed by atoms with van der Waals surface area (Å²) in [6.45, 7) is 3.77. The number of hydrogen-bond acceptors (Lipinski definition) is 5. The monoisotopic (exact) mass is 483 g/mol. The van der Waals surface area contributed by atoms with Crippen molar-refractivity contribution >= 4 is 23.4 Å². The van der Waals surface area contributed by atoms with E-state index in [1.165, 1.54) is 6.07 Å². The molecule has 1 saturated heterocycles. The third-order valence-electron chi connectivity index (χ3n) is 6.31. The summed E-state index contributed by atoms with van der Waals surface area (Å²) < 4.78 is 21.5. The topological polar surface area (TPSA) is 80.6 Å². The zero-order valence-electron chi connectivity index (χ0n) is 18.6. The fourth-order valence-electron chi connectivity index (χ4n) is 4.23. The van der Waals surface area contributed by atoms with Crippen molar-refractivity contribution in [2.24, 2.45) is 0 Å². The van der Waals surface area contributed by atoms with Crippen LogP contribution in [0.2, 0.25) is 5.02 Å². The van der Waals surface area contributed by atoms with Crippen LogP contribution in [0.3, 0.4) is 0 Å². The number of nitrogens with zero attached hydrogens (tertiary/aromatic N) is 5. The Morgan fingerprint density at radius 3 is 2.38 bits per heavy atom. The normalized spacial score (nSPS) is 18.0. The summed E-state index contributed by atoms with van der Waals surface area (Å²) in [6, 6.07) is 11.9. The van der Waals surface area contributed by atoms with Gasteiger partial charge in [0.2, 0.25) is 0 Å². The largest absolute Gasteiger partial charge is 0.365 e. The first-order valence-electron chi connectivity index (χ1n) is 11.0. The lowest BCUT2D eigenvalue weighted by molar-refractivity contribution is -0.00202. The van der Waals surface area contributed by atoms with Crippen LogP contribution in [0.15, 0.2) is 42.5 Å². The van der Waals surface area contributed by atoms with E-state index >= 15 is 0 Å². The lowest BCUT2D eigenvalue weighted by Gasteiger charge is -2.34. The average molecular weight is 484 g/mol. The van der Waals surface area contributed by atoms with E-state index in [9.17, 15) is 14.0 Å². The van der Waals surface area contributed by atoms with E-state index in [2.05, 4.69) is 10.3 Å². The van der Waals surface area contributed by atoms with E-state index in [0.717, 1.165) is 5.56 Å². The number of amides is 2. The molecule has 1 atom stereocenters. The number of halogens is 2. The molecule has 5 rings (SSSR count). The van der Waals surface area contributed by atoms with Crippen molar-refractivity contribution in [3.05, 3.63) is 81.4 Å². The average Bonchev–Trinajstić information content (AvgIpc) is 3.29. The lowest BCUT2D eigenvalue weighted by Crippen LogP contribution is -2.50. The quantitative estimate of drug-likeness (QED) is 0.571. The van der Waals surface area contributed by atoms with E-state index in [0.29, 0.717) is 54.6 Å². The molecule has 0 radical (unpaired) electrons. The van der Waals surface area contributed by atoms with Crippen LogP contribution in [0.1, 0.15) is 43.8 Å². The Morgan fingerprint density at radius 2 is 1.71 bits per heavy atom. The summed E-state index contributed by atoms with van der Waals surface area (Å²) in [7, 11) is 0. The number of benzene rings is 2. The highest BCUT2D eigenvalue weighted by Crippen LogP contribution is 2.28. The number of rotatable bonds is 3. The van der Waals surface area contributed by atoms with E-state index in [4.69, 9.17) is 16.3 Å². The first kappa shape index (κ1) is 22.5. The molecule has 176 valence electrons.